The topological polar surface area (TPSA) is 90.0 Å². The van der Waals surface area contributed by atoms with Crippen LogP contribution < -0.4 is 5.53 Å². The SMILES string of the molecule is CC(C)(C)N(C(=O)c1ccccc1)N(NN(C(=O)c1ccccc1)C(=O)c1ccccc1)C(=O)c1ccccc1. The van der Waals surface area contributed by atoms with Crippen LogP contribution in [0.15, 0.2) is 121 Å². The number of nitrogens with zero attached hydrogens (tertiary/aromatic N) is 3. The molecule has 40 heavy (non-hydrogen) atoms. The summed E-state index contributed by atoms with van der Waals surface area (Å²) in [4.78, 5) is 55.5. The molecule has 0 spiro atoms. The molecule has 0 aromatic heterocycles. The number of hydrazine groups is 3. The van der Waals surface area contributed by atoms with Crippen LogP contribution in [0.4, 0.5) is 0 Å². The Labute approximate surface area is 233 Å². The molecule has 202 valence electrons. The monoisotopic (exact) mass is 534 g/mol. The highest BCUT2D eigenvalue weighted by Crippen LogP contribution is 2.22. The van der Waals surface area contributed by atoms with Gasteiger partial charge in [-0.3, -0.25) is 19.2 Å². The molecule has 0 unspecified atom stereocenters. The van der Waals surface area contributed by atoms with E-state index in [-0.39, 0.29) is 16.7 Å². The zero-order valence-corrected chi connectivity index (χ0v) is 22.5. The van der Waals surface area contributed by atoms with E-state index < -0.39 is 29.2 Å². The number of amides is 4. The fourth-order valence-corrected chi connectivity index (χ4v) is 3.98. The molecule has 8 nitrogen and oxygen atoms in total. The molecule has 0 aliphatic rings. The van der Waals surface area contributed by atoms with Crippen LogP contribution in [0.3, 0.4) is 0 Å². The van der Waals surface area contributed by atoms with Gasteiger partial charge in [-0.05, 0) is 69.3 Å². The molecule has 4 aromatic rings. The highest BCUT2D eigenvalue weighted by molar-refractivity contribution is 6.10. The van der Waals surface area contributed by atoms with E-state index in [1.54, 1.807) is 142 Å². The van der Waals surface area contributed by atoms with Crippen molar-refractivity contribution in [2.24, 2.45) is 0 Å². The van der Waals surface area contributed by atoms with E-state index in [0.717, 1.165) is 10.1 Å². The number of carbonyl (C=O) groups is 4. The molecule has 4 aromatic carbocycles. The largest absolute Gasteiger partial charge is 0.288 e. The van der Waals surface area contributed by atoms with Gasteiger partial charge in [0.05, 0.1) is 5.54 Å². The summed E-state index contributed by atoms with van der Waals surface area (Å²) in [5.41, 5.74) is 2.74. The zero-order valence-electron chi connectivity index (χ0n) is 22.5. The normalized spacial score (nSPS) is 10.9. The average Bonchev–Trinajstić information content (AvgIpc) is 2.99. The van der Waals surface area contributed by atoms with Gasteiger partial charge >= 0.3 is 0 Å². The third-order valence-electron chi connectivity index (χ3n) is 5.90. The minimum absolute atomic E-state index is 0.211. The second-order valence-electron chi connectivity index (χ2n) is 9.91. The molecule has 0 saturated heterocycles. The molecule has 0 aliphatic carbocycles. The summed E-state index contributed by atoms with van der Waals surface area (Å²) in [6.45, 7) is 5.26. The maximum Gasteiger partial charge on any atom is 0.288 e. The van der Waals surface area contributed by atoms with Crippen molar-refractivity contribution in [3.63, 3.8) is 0 Å². The molecule has 0 radical (unpaired) electrons. The fraction of sp³-hybridized carbons (Fsp3) is 0.125. The van der Waals surface area contributed by atoms with Gasteiger partial charge in [0.25, 0.3) is 23.6 Å². The van der Waals surface area contributed by atoms with Crippen molar-refractivity contribution in [2.45, 2.75) is 26.3 Å². The van der Waals surface area contributed by atoms with Gasteiger partial charge in [-0.15, -0.1) is 5.53 Å². The summed E-state index contributed by atoms with van der Waals surface area (Å²) in [6, 6.07) is 33.2. The molecule has 0 heterocycles. The first-order valence-electron chi connectivity index (χ1n) is 12.7. The summed E-state index contributed by atoms with van der Waals surface area (Å²) in [5.74, 6) is -2.57. The Kier molecular flexibility index (Phi) is 8.51. The molecule has 0 saturated carbocycles. The fourth-order valence-electron chi connectivity index (χ4n) is 3.98. The molecular weight excluding hydrogens is 504 g/mol. The lowest BCUT2D eigenvalue weighted by Crippen LogP contribution is -2.67. The first-order chi connectivity index (χ1) is 19.2. The summed E-state index contributed by atoms with van der Waals surface area (Å²) in [6.07, 6.45) is 0. The quantitative estimate of drug-likeness (QED) is 0.265. The Morgan fingerprint density at radius 1 is 0.475 bits per heavy atom. The van der Waals surface area contributed by atoms with E-state index in [4.69, 9.17) is 0 Å². The lowest BCUT2D eigenvalue weighted by atomic mass is 10.1. The van der Waals surface area contributed by atoms with Crippen molar-refractivity contribution in [3.05, 3.63) is 144 Å². The Morgan fingerprint density at radius 2 is 0.775 bits per heavy atom. The minimum atomic E-state index is -0.971. The van der Waals surface area contributed by atoms with Crippen LogP contribution in [-0.4, -0.2) is 44.3 Å². The summed E-state index contributed by atoms with van der Waals surface area (Å²) in [5, 5.41) is 2.90. The molecular formula is C32H30N4O4. The van der Waals surface area contributed by atoms with Crippen molar-refractivity contribution >= 4 is 23.6 Å². The second kappa shape index (κ2) is 12.2. The van der Waals surface area contributed by atoms with Crippen molar-refractivity contribution in [1.82, 2.24) is 20.7 Å². The van der Waals surface area contributed by atoms with E-state index in [2.05, 4.69) is 5.53 Å². The molecule has 0 bridgehead atoms. The number of hydrogen-bond acceptors (Lipinski definition) is 5. The number of rotatable bonds is 6. The maximum absolute atomic E-state index is 14.0. The number of benzene rings is 4. The number of hydrogen-bond donors (Lipinski definition) is 1. The molecule has 0 atom stereocenters. The van der Waals surface area contributed by atoms with Crippen molar-refractivity contribution in [3.8, 4) is 0 Å². The molecule has 1 N–H and O–H groups in total. The Balaban J connectivity index is 1.86. The minimum Gasteiger partial charge on any atom is -0.267 e. The maximum atomic E-state index is 14.0. The lowest BCUT2D eigenvalue weighted by molar-refractivity contribution is -0.0982. The van der Waals surface area contributed by atoms with Crippen LogP contribution >= 0.6 is 0 Å². The van der Waals surface area contributed by atoms with Gasteiger partial charge in [-0.2, -0.15) is 10.1 Å². The van der Waals surface area contributed by atoms with E-state index in [1.807, 2.05) is 0 Å². The van der Waals surface area contributed by atoms with Gasteiger partial charge in [-0.25, -0.2) is 5.01 Å². The Hall–Kier alpha value is -5.08. The van der Waals surface area contributed by atoms with Gasteiger partial charge < -0.3 is 0 Å². The third-order valence-corrected chi connectivity index (χ3v) is 5.90. The Bertz CT molecular complexity index is 1420. The number of carbonyl (C=O) groups excluding carboxylic acids is 4. The third kappa shape index (κ3) is 6.31. The Morgan fingerprint density at radius 3 is 1.10 bits per heavy atom. The molecule has 8 heteroatoms. The highest BCUT2D eigenvalue weighted by atomic mass is 16.2. The van der Waals surface area contributed by atoms with Crippen LogP contribution in [-0.2, 0) is 0 Å². The van der Waals surface area contributed by atoms with Crippen molar-refractivity contribution < 1.29 is 19.2 Å². The van der Waals surface area contributed by atoms with Crippen molar-refractivity contribution in [2.75, 3.05) is 0 Å². The van der Waals surface area contributed by atoms with Gasteiger partial charge in [0.2, 0.25) is 0 Å². The van der Waals surface area contributed by atoms with Crippen LogP contribution in [0.5, 0.6) is 0 Å². The van der Waals surface area contributed by atoms with E-state index in [0.29, 0.717) is 5.56 Å². The molecule has 0 fully saturated rings. The molecule has 4 rings (SSSR count). The highest BCUT2D eigenvalue weighted by Gasteiger charge is 2.39. The number of imide groups is 1. The van der Waals surface area contributed by atoms with Crippen LogP contribution in [0, 0.1) is 0 Å². The molecule has 4 amide bonds. The first-order valence-corrected chi connectivity index (χ1v) is 12.7. The predicted molar refractivity (Wildman–Crippen MR) is 151 cm³/mol. The molecule has 0 aliphatic heterocycles. The van der Waals surface area contributed by atoms with E-state index in [1.165, 1.54) is 5.01 Å². The number of nitrogens with one attached hydrogen (secondary N) is 1. The van der Waals surface area contributed by atoms with E-state index >= 15 is 0 Å². The van der Waals surface area contributed by atoms with Gasteiger partial charge in [0.15, 0.2) is 0 Å². The van der Waals surface area contributed by atoms with Gasteiger partial charge in [0, 0.05) is 22.3 Å². The van der Waals surface area contributed by atoms with E-state index in [9.17, 15) is 19.2 Å². The average molecular weight is 535 g/mol. The van der Waals surface area contributed by atoms with Crippen LogP contribution in [0.25, 0.3) is 0 Å². The second-order valence-corrected chi connectivity index (χ2v) is 9.91. The van der Waals surface area contributed by atoms with Crippen LogP contribution in [0.2, 0.25) is 0 Å². The smallest absolute Gasteiger partial charge is 0.267 e. The standard InChI is InChI=1S/C32H30N4O4/c1-32(2,3)35(30(39)26-20-12-6-13-21-26)36(31(40)27-22-14-7-15-23-27)33-34(28(37)24-16-8-4-9-17-24)29(38)25-18-10-5-11-19-25/h4-23,33H,1-3H3. The van der Waals surface area contributed by atoms with Gasteiger partial charge in [-0.1, -0.05) is 72.8 Å². The lowest BCUT2D eigenvalue weighted by Gasteiger charge is -2.44. The van der Waals surface area contributed by atoms with Crippen LogP contribution in [0.1, 0.15) is 62.2 Å². The van der Waals surface area contributed by atoms with Crippen molar-refractivity contribution in [1.29, 1.82) is 0 Å². The predicted octanol–water partition coefficient (Wildman–Crippen LogP) is 5.39. The summed E-state index contributed by atoms with van der Waals surface area (Å²) >= 11 is 0. The first kappa shape index (κ1) is 27.9. The zero-order chi connectivity index (χ0) is 28.7. The summed E-state index contributed by atoms with van der Waals surface area (Å²) in [7, 11) is 0. The summed E-state index contributed by atoms with van der Waals surface area (Å²) < 4.78 is 0. The van der Waals surface area contributed by atoms with Gasteiger partial charge in [0.1, 0.15) is 0 Å².